The Hall–Kier alpha value is -3.24. The first-order valence-corrected chi connectivity index (χ1v) is 8.31. The quantitative estimate of drug-likeness (QED) is 0.708. The zero-order valence-electron chi connectivity index (χ0n) is 15.7. The zero-order chi connectivity index (χ0) is 22.7. The highest BCUT2D eigenvalue weighted by Crippen LogP contribution is 2.38. The molecule has 2 aromatic carbocycles. The second-order valence-corrected chi connectivity index (χ2v) is 6.36. The van der Waals surface area contributed by atoms with E-state index in [9.17, 15) is 35.9 Å². The van der Waals surface area contributed by atoms with Crippen LogP contribution in [0.15, 0.2) is 42.5 Å². The Morgan fingerprint density at radius 2 is 1.50 bits per heavy atom. The second-order valence-electron chi connectivity index (χ2n) is 6.36. The van der Waals surface area contributed by atoms with Crippen molar-refractivity contribution in [2.45, 2.75) is 12.4 Å². The fourth-order valence-corrected chi connectivity index (χ4v) is 2.34. The van der Waals surface area contributed by atoms with E-state index < -0.39 is 41.7 Å². The van der Waals surface area contributed by atoms with Crippen LogP contribution in [0.3, 0.4) is 0 Å². The van der Waals surface area contributed by atoms with Crippen LogP contribution < -0.4 is 10.1 Å². The molecule has 1 N–H and O–H groups in total. The number of carbonyl (C=O) groups excluding carboxylic acids is 2. The molecule has 2 aromatic rings. The van der Waals surface area contributed by atoms with E-state index >= 15 is 0 Å². The molecule has 0 aliphatic rings. The fourth-order valence-electron chi connectivity index (χ4n) is 2.34. The van der Waals surface area contributed by atoms with E-state index in [0.717, 1.165) is 0 Å². The van der Waals surface area contributed by atoms with Crippen LogP contribution in [0.5, 0.6) is 5.75 Å². The Morgan fingerprint density at radius 3 is 2.00 bits per heavy atom. The summed E-state index contributed by atoms with van der Waals surface area (Å²) in [6.07, 6.45) is -10.1. The molecule has 0 fully saturated rings. The standard InChI is InChI=1S/C19H16F6N2O3/c1-27(2)17(29)11-4-3-5-14(6-11)26-16(28)10-30-15-8-12(18(20,21)22)7-13(9-15)19(23,24)25/h3-9H,10H2,1-2H3,(H,26,28). The van der Waals surface area contributed by atoms with Crippen molar-refractivity contribution in [1.29, 1.82) is 0 Å². The van der Waals surface area contributed by atoms with Gasteiger partial charge in [0.1, 0.15) is 5.75 Å². The van der Waals surface area contributed by atoms with E-state index in [-0.39, 0.29) is 23.2 Å². The van der Waals surface area contributed by atoms with Crippen LogP contribution >= 0.6 is 0 Å². The van der Waals surface area contributed by atoms with Gasteiger partial charge in [0, 0.05) is 25.3 Å². The Balaban J connectivity index is 2.13. The summed E-state index contributed by atoms with van der Waals surface area (Å²) in [5, 5.41) is 2.36. The summed E-state index contributed by atoms with van der Waals surface area (Å²) in [4.78, 5) is 25.2. The van der Waals surface area contributed by atoms with Crippen molar-refractivity contribution in [2.75, 3.05) is 26.0 Å². The van der Waals surface area contributed by atoms with Gasteiger partial charge in [-0.3, -0.25) is 9.59 Å². The maximum atomic E-state index is 12.8. The molecule has 0 saturated carbocycles. The lowest BCUT2D eigenvalue weighted by Gasteiger charge is -2.15. The van der Waals surface area contributed by atoms with E-state index in [0.29, 0.717) is 12.1 Å². The molecular formula is C19H16F6N2O3. The monoisotopic (exact) mass is 434 g/mol. The van der Waals surface area contributed by atoms with Gasteiger partial charge in [-0.05, 0) is 36.4 Å². The van der Waals surface area contributed by atoms with Crippen LogP contribution in [0.25, 0.3) is 0 Å². The minimum Gasteiger partial charge on any atom is -0.484 e. The summed E-state index contributed by atoms with van der Waals surface area (Å²) in [6, 6.07) is 6.53. The highest BCUT2D eigenvalue weighted by atomic mass is 19.4. The van der Waals surface area contributed by atoms with Crippen LogP contribution in [0.4, 0.5) is 32.0 Å². The van der Waals surface area contributed by atoms with Gasteiger partial charge in [-0.25, -0.2) is 0 Å². The summed E-state index contributed by atoms with van der Waals surface area (Å²) in [5.74, 6) is -1.93. The van der Waals surface area contributed by atoms with Gasteiger partial charge >= 0.3 is 12.4 Å². The van der Waals surface area contributed by atoms with E-state index in [4.69, 9.17) is 4.74 Å². The molecule has 162 valence electrons. The molecule has 0 atom stereocenters. The number of anilines is 1. The molecule has 0 bridgehead atoms. The fraction of sp³-hybridized carbons (Fsp3) is 0.263. The lowest BCUT2D eigenvalue weighted by molar-refractivity contribution is -0.143. The van der Waals surface area contributed by atoms with Gasteiger partial charge in [-0.15, -0.1) is 0 Å². The molecule has 0 spiro atoms. The van der Waals surface area contributed by atoms with Crippen molar-refractivity contribution in [3.63, 3.8) is 0 Å². The summed E-state index contributed by atoms with van der Waals surface area (Å²) < 4.78 is 81.9. The van der Waals surface area contributed by atoms with Gasteiger partial charge in [0.15, 0.2) is 6.61 Å². The zero-order valence-corrected chi connectivity index (χ0v) is 15.7. The van der Waals surface area contributed by atoms with Crippen LogP contribution in [0.1, 0.15) is 21.5 Å². The smallest absolute Gasteiger partial charge is 0.416 e. The molecule has 0 saturated heterocycles. The predicted octanol–water partition coefficient (Wildman–Crippen LogP) is 4.44. The maximum absolute atomic E-state index is 12.8. The summed E-state index contributed by atoms with van der Waals surface area (Å²) >= 11 is 0. The van der Waals surface area contributed by atoms with Gasteiger partial charge in [-0.1, -0.05) is 6.07 Å². The molecule has 0 aliphatic carbocycles. The first kappa shape index (κ1) is 23.0. The van der Waals surface area contributed by atoms with Crippen LogP contribution in [-0.4, -0.2) is 37.4 Å². The van der Waals surface area contributed by atoms with E-state index in [1.807, 2.05) is 0 Å². The molecule has 2 amide bonds. The van der Waals surface area contributed by atoms with E-state index in [1.165, 1.54) is 43.3 Å². The lowest BCUT2D eigenvalue weighted by atomic mass is 10.1. The number of amides is 2. The van der Waals surface area contributed by atoms with Crippen molar-refractivity contribution in [2.24, 2.45) is 0 Å². The molecule has 0 heterocycles. The average molecular weight is 434 g/mol. The molecule has 5 nitrogen and oxygen atoms in total. The number of benzene rings is 2. The predicted molar refractivity (Wildman–Crippen MR) is 95.0 cm³/mol. The van der Waals surface area contributed by atoms with Crippen molar-refractivity contribution in [1.82, 2.24) is 4.90 Å². The Kier molecular flexibility index (Phi) is 6.63. The number of hydrogen-bond acceptors (Lipinski definition) is 3. The number of rotatable bonds is 5. The number of alkyl halides is 6. The third-order valence-corrected chi connectivity index (χ3v) is 3.73. The molecule has 11 heteroatoms. The number of nitrogens with one attached hydrogen (secondary N) is 1. The summed E-state index contributed by atoms with van der Waals surface area (Å²) in [6.45, 7) is -0.843. The molecule has 2 rings (SSSR count). The van der Waals surface area contributed by atoms with Gasteiger partial charge in [0.2, 0.25) is 0 Å². The summed E-state index contributed by atoms with van der Waals surface area (Å²) in [5.41, 5.74) is -2.63. The molecule has 30 heavy (non-hydrogen) atoms. The van der Waals surface area contributed by atoms with E-state index in [1.54, 1.807) is 0 Å². The first-order chi connectivity index (χ1) is 13.8. The minimum absolute atomic E-state index is 0.0415. The third-order valence-electron chi connectivity index (χ3n) is 3.73. The van der Waals surface area contributed by atoms with Gasteiger partial charge in [0.25, 0.3) is 11.8 Å². The van der Waals surface area contributed by atoms with Crippen LogP contribution in [-0.2, 0) is 17.1 Å². The summed E-state index contributed by atoms with van der Waals surface area (Å²) in [7, 11) is 3.07. The van der Waals surface area contributed by atoms with E-state index in [2.05, 4.69) is 5.32 Å². The highest BCUT2D eigenvalue weighted by Gasteiger charge is 2.37. The van der Waals surface area contributed by atoms with Gasteiger partial charge < -0.3 is 15.0 Å². The lowest BCUT2D eigenvalue weighted by Crippen LogP contribution is -2.23. The van der Waals surface area contributed by atoms with Crippen molar-refractivity contribution >= 4 is 17.5 Å². The number of carbonyl (C=O) groups is 2. The van der Waals surface area contributed by atoms with Crippen molar-refractivity contribution < 1.29 is 40.7 Å². The number of nitrogens with zero attached hydrogens (tertiary/aromatic N) is 1. The van der Waals surface area contributed by atoms with Gasteiger partial charge in [0.05, 0.1) is 11.1 Å². The Morgan fingerprint density at radius 1 is 0.933 bits per heavy atom. The highest BCUT2D eigenvalue weighted by molar-refractivity contribution is 5.97. The largest absolute Gasteiger partial charge is 0.484 e. The number of halogens is 6. The Labute approximate surface area is 167 Å². The first-order valence-electron chi connectivity index (χ1n) is 8.31. The molecular weight excluding hydrogens is 418 g/mol. The SMILES string of the molecule is CN(C)C(=O)c1cccc(NC(=O)COc2cc(C(F)(F)F)cc(C(F)(F)F)c2)c1. The second kappa shape index (κ2) is 8.64. The number of hydrogen-bond donors (Lipinski definition) is 1. The molecule has 0 radical (unpaired) electrons. The third kappa shape index (κ3) is 6.13. The van der Waals surface area contributed by atoms with Crippen LogP contribution in [0, 0.1) is 0 Å². The van der Waals surface area contributed by atoms with Crippen molar-refractivity contribution in [3.8, 4) is 5.75 Å². The van der Waals surface area contributed by atoms with Crippen molar-refractivity contribution in [3.05, 3.63) is 59.2 Å². The average Bonchev–Trinajstić information content (AvgIpc) is 2.64. The van der Waals surface area contributed by atoms with Gasteiger partial charge in [-0.2, -0.15) is 26.3 Å². The molecule has 0 aliphatic heterocycles. The molecule has 0 aromatic heterocycles. The molecule has 0 unspecified atom stereocenters. The minimum atomic E-state index is -5.03. The maximum Gasteiger partial charge on any atom is 0.416 e. The Bertz CT molecular complexity index is 906. The topological polar surface area (TPSA) is 58.6 Å². The normalized spacial score (nSPS) is 11.7. The number of ether oxygens (including phenoxy) is 1. The van der Waals surface area contributed by atoms with Crippen LogP contribution in [0.2, 0.25) is 0 Å².